The average Bonchev–Trinajstić information content (AvgIpc) is 2.39. The molecule has 102 valence electrons. The van der Waals surface area contributed by atoms with Crippen molar-refractivity contribution in [3.8, 4) is 11.1 Å². The van der Waals surface area contributed by atoms with Crippen LogP contribution >= 0.6 is 12.4 Å². The number of hydrogen-bond donors (Lipinski definition) is 3. The van der Waals surface area contributed by atoms with Crippen molar-refractivity contribution in [3.05, 3.63) is 59.7 Å². The second kappa shape index (κ2) is 7.53. The lowest BCUT2D eigenvalue weighted by Crippen LogP contribution is -1.96. The smallest absolute Gasteiger partial charge is 0.335 e. The number of rotatable bonds is 3. The number of benzene rings is 2. The number of carboxylic acid groups (broad SMARTS) is 1. The molecule has 2 aromatic carbocycles. The summed E-state index contributed by atoms with van der Waals surface area (Å²) < 4.78 is 0. The molecule has 5 heteroatoms. The molecule has 0 amide bonds. The van der Waals surface area contributed by atoms with Crippen LogP contribution in [-0.4, -0.2) is 11.1 Å². The Kier molecular flexibility index (Phi) is 6.79. The van der Waals surface area contributed by atoms with E-state index in [9.17, 15) is 4.79 Å². The van der Waals surface area contributed by atoms with Crippen molar-refractivity contribution in [2.75, 3.05) is 0 Å². The molecule has 19 heavy (non-hydrogen) atoms. The van der Waals surface area contributed by atoms with E-state index in [1.807, 2.05) is 30.3 Å². The number of aromatic carboxylic acids is 1. The number of halogens is 1. The first-order chi connectivity index (χ1) is 8.20. The van der Waals surface area contributed by atoms with Crippen LogP contribution in [0.4, 0.5) is 0 Å². The third-order valence-electron chi connectivity index (χ3n) is 2.63. The highest BCUT2D eigenvalue weighted by atomic mass is 35.5. The molecule has 6 N–H and O–H groups in total. The molecule has 0 unspecified atom stereocenters. The van der Waals surface area contributed by atoms with Crippen molar-refractivity contribution in [1.29, 1.82) is 0 Å². The average molecular weight is 281 g/mol. The van der Waals surface area contributed by atoms with Gasteiger partial charge in [0.2, 0.25) is 0 Å². The van der Waals surface area contributed by atoms with E-state index in [0.717, 1.165) is 16.7 Å². The van der Waals surface area contributed by atoms with Crippen molar-refractivity contribution in [2.45, 2.75) is 6.54 Å². The van der Waals surface area contributed by atoms with Gasteiger partial charge in [-0.1, -0.05) is 36.4 Å². The van der Waals surface area contributed by atoms with E-state index in [1.54, 1.807) is 18.2 Å². The van der Waals surface area contributed by atoms with E-state index in [0.29, 0.717) is 12.1 Å². The Morgan fingerprint density at radius 2 is 1.68 bits per heavy atom. The third kappa shape index (κ3) is 4.06. The van der Waals surface area contributed by atoms with Gasteiger partial charge in [-0.05, 0) is 28.8 Å². The van der Waals surface area contributed by atoms with E-state index >= 15 is 0 Å². The molecule has 0 fully saturated rings. The second-order valence-electron chi connectivity index (χ2n) is 3.79. The maximum Gasteiger partial charge on any atom is 0.335 e. The molecule has 0 atom stereocenters. The fraction of sp³-hybridized carbons (Fsp3) is 0.0714. The Balaban J connectivity index is 0.00000162. The minimum Gasteiger partial charge on any atom is -0.478 e. The van der Waals surface area contributed by atoms with Crippen LogP contribution in [0, 0.1) is 0 Å². The van der Waals surface area contributed by atoms with E-state index in [1.165, 1.54) is 0 Å². The Morgan fingerprint density at radius 1 is 1.05 bits per heavy atom. The van der Waals surface area contributed by atoms with Gasteiger partial charge in [-0.25, -0.2) is 4.79 Å². The van der Waals surface area contributed by atoms with E-state index in [4.69, 9.17) is 10.8 Å². The molecule has 0 heterocycles. The maximum atomic E-state index is 10.9. The summed E-state index contributed by atoms with van der Waals surface area (Å²) in [7, 11) is 0. The topological polar surface area (TPSA) is 98.3 Å². The van der Waals surface area contributed by atoms with Crippen LogP contribution in [0.25, 0.3) is 11.1 Å². The van der Waals surface area contributed by atoms with E-state index in [2.05, 4.69) is 0 Å². The van der Waals surface area contributed by atoms with E-state index in [-0.39, 0.29) is 18.6 Å². The second-order valence-corrected chi connectivity index (χ2v) is 3.79. The number of hydrogen-bond acceptors (Lipinski definition) is 3. The molecular formula is C14H17ClN2O2. The molecule has 0 aliphatic rings. The van der Waals surface area contributed by atoms with Gasteiger partial charge in [-0.3, -0.25) is 0 Å². The van der Waals surface area contributed by atoms with Crippen LogP contribution in [0.2, 0.25) is 0 Å². The zero-order chi connectivity index (χ0) is 12.3. The summed E-state index contributed by atoms with van der Waals surface area (Å²) in [6.45, 7) is 0.509. The van der Waals surface area contributed by atoms with Crippen LogP contribution < -0.4 is 11.9 Å². The number of carbonyl (C=O) groups is 1. The zero-order valence-corrected chi connectivity index (χ0v) is 11.2. The van der Waals surface area contributed by atoms with Crippen molar-refractivity contribution in [2.24, 2.45) is 5.73 Å². The van der Waals surface area contributed by atoms with Gasteiger partial charge in [-0.2, -0.15) is 0 Å². The van der Waals surface area contributed by atoms with Crippen molar-refractivity contribution in [1.82, 2.24) is 6.15 Å². The minimum atomic E-state index is -0.912. The minimum absolute atomic E-state index is 0. The normalized spacial score (nSPS) is 9.11. The van der Waals surface area contributed by atoms with Crippen LogP contribution in [0.15, 0.2) is 48.5 Å². The highest BCUT2D eigenvalue weighted by molar-refractivity contribution is 5.89. The molecule has 0 saturated carbocycles. The highest BCUT2D eigenvalue weighted by Crippen LogP contribution is 2.20. The van der Waals surface area contributed by atoms with Crippen LogP contribution in [0.1, 0.15) is 15.9 Å². The predicted molar refractivity (Wildman–Crippen MR) is 79.0 cm³/mol. The largest absolute Gasteiger partial charge is 0.478 e. The van der Waals surface area contributed by atoms with Gasteiger partial charge in [0.1, 0.15) is 0 Å². The Bertz CT molecular complexity index is 541. The van der Waals surface area contributed by atoms with Crippen LogP contribution in [0.5, 0.6) is 0 Å². The lowest BCUT2D eigenvalue weighted by molar-refractivity contribution is 0.0697. The van der Waals surface area contributed by atoms with Crippen LogP contribution in [-0.2, 0) is 6.54 Å². The summed E-state index contributed by atoms with van der Waals surface area (Å²) >= 11 is 0. The molecule has 2 aromatic rings. The zero-order valence-electron chi connectivity index (χ0n) is 10.4. The third-order valence-corrected chi connectivity index (χ3v) is 2.63. The standard InChI is InChI=1S/C14H13NO2.ClH.H3N/c15-9-10-4-6-11(7-5-10)12-2-1-3-13(8-12)14(16)17;;/h1-8H,9,15H2,(H,16,17);1H;1H3. The number of nitrogens with two attached hydrogens (primary N) is 1. The molecule has 4 nitrogen and oxygen atoms in total. The summed E-state index contributed by atoms with van der Waals surface area (Å²) in [6, 6.07) is 14.7. The Labute approximate surface area is 118 Å². The fourth-order valence-corrected chi connectivity index (χ4v) is 1.67. The molecule has 0 radical (unpaired) electrons. The summed E-state index contributed by atoms with van der Waals surface area (Å²) in [4.78, 5) is 10.9. The first kappa shape index (κ1) is 17.1. The molecule has 0 saturated heterocycles. The molecule has 0 aliphatic carbocycles. The van der Waals surface area contributed by atoms with Gasteiger partial charge in [-0.15, -0.1) is 12.4 Å². The molecular weight excluding hydrogens is 264 g/mol. The summed E-state index contributed by atoms with van der Waals surface area (Å²) in [5.74, 6) is -0.912. The molecule has 0 spiro atoms. The van der Waals surface area contributed by atoms with Crippen LogP contribution in [0.3, 0.4) is 0 Å². The lowest BCUT2D eigenvalue weighted by atomic mass is 10.0. The van der Waals surface area contributed by atoms with Gasteiger partial charge in [0, 0.05) is 6.54 Å². The maximum absolute atomic E-state index is 10.9. The molecule has 0 bridgehead atoms. The fourth-order valence-electron chi connectivity index (χ4n) is 1.67. The molecule has 2 rings (SSSR count). The Hall–Kier alpha value is -1.88. The molecule has 0 aromatic heterocycles. The first-order valence-corrected chi connectivity index (χ1v) is 5.33. The predicted octanol–water partition coefficient (Wildman–Crippen LogP) is 3.09. The first-order valence-electron chi connectivity index (χ1n) is 5.33. The van der Waals surface area contributed by atoms with Gasteiger partial charge < -0.3 is 17.0 Å². The SMILES string of the molecule is Cl.N.NCc1ccc(-c2cccc(C(=O)O)c2)cc1. The molecule has 0 aliphatic heterocycles. The van der Waals surface area contributed by atoms with Crippen molar-refractivity contribution < 1.29 is 9.90 Å². The van der Waals surface area contributed by atoms with Gasteiger partial charge in [0.15, 0.2) is 0 Å². The van der Waals surface area contributed by atoms with E-state index < -0.39 is 5.97 Å². The lowest BCUT2D eigenvalue weighted by Gasteiger charge is -2.04. The monoisotopic (exact) mass is 280 g/mol. The van der Waals surface area contributed by atoms with Gasteiger partial charge >= 0.3 is 5.97 Å². The summed E-state index contributed by atoms with van der Waals surface area (Å²) in [6.07, 6.45) is 0. The highest BCUT2D eigenvalue weighted by Gasteiger charge is 2.04. The van der Waals surface area contributed by atoms with Crippen molar-refractivity contribution >= 4 is 18.4 Å². The van der Waals surface area contributed by atoms with Crippen molar-refractivity contribution in [3.63, 3.8) is 0 Å². The quantitative estimate of drug-likeness (QED) is 0.804. The summed E-state index contributed by atoms with van der Waals surface area (Å²) in [5.41, 5.74) is 8.77. The van der Waals surface area contributed by atoms with Gasteiger partial charge in [0.05, 0.1) is 5.56 Å². The number of carboxylic acids is 1. The Morgan fingerprint density at radius 3 is 2.21 bits per heavy atom. The summed E-state index contributed by atoms with van der Waals surface area (Å²) in [5, 5.41) is 8.92. The van der Waals surface area contributed by atoms with Gasteiger partial charge in [0.25, 0.3) is 0 Å².